The van der Waals surface area contributed by atoms with Crippen molar-refractivity contribution in [3.05, 3.63) is 86.1 Å². The first-order valence-electron chi connectivity index (χ1n) is 9.80. The second-order valence-electron chi connectivity index (χ2n) is 7.53. The number of aromatic nitrogens is 1. The maximum absolute atomic E-state index is 13.2. The summed E-state index contributed by atoms with van der Waals surface area (Å²) in [4.78, 5) is 39.1. The maximum atomic E-state index is 13.2. The van der Waals surface area contributed by atoms with E-state index in [-0.39, 0.29) is 5.57 Å². The first-order chi connectivity index (χ1) is 15.2. The molecule has 1 aliphatic rings. The molecule has 2 heterocycles. The van der Waals surface area contributed by atoms with E-state index in [1.54, 1.807) is 12.1 Å². The summed E-state index contributed by atoms with van der Waals surface area (Å²) < 4.78 is 3.00. The maximum Gasteiger partial charge on any atom is 0.335 e. The summed E-state index contributed by atoms with van der Waals surface area (Å²) in [6, 6.07) is 13.8. The molecule has 0 atom stereocenters. The summed E-state index contributed by atoms with van der Waals surface area (Å²) >= 11 is 9.61. The zero-order valence-electron chi connectivity index (χ0n) is 17.6. The highest BCUT2D eigenvalue weighted by Gasteiger charge is 2.37. The number of imide groups is 2. The lowest BCUT2D eigenvalue weighted by atomic mass is 10.1. The number of benzene rings is 2. The van der Waals surface area contributed by atoms with Gasteiger partial charge in [-0.3, -0.25) is 14.9 Å². The van der Waals surface area contributed by atoms with Gasteiger partial charge in [0.1, 0.15) is 5.57 Å². The molecular formula is C24H19BrClN3O3. The zero-order chi connectivity index (χ0) is 23.2. The van der Waals surface area contributed by atoms with Crippen LogP contribution >= 0.6 is 27.5 Å². The number of hydrogen-bond donors (Lipinski definition) is 1. The molecule has 0 saturated carbocycles. The molecule has 0 radical (unpaired) electrons. The van der Waals surface area contributed by atoms with Crippen molar-refractivity contribution in [2.24, 2.45) is 0 Å². The quantitative estimate of drug-likeness (QED) is 0.373. The van der Waals surface area contributed by atoms with E-state index >= 15 is 0 Å². The van der Waals surface area contributed by atoms with Crippen molar-refractivity contribution in [3.8, 4) is 5.69 Å². The molecule has 1 aromatic heterocycles. The van der Waals surface area contributed by atoms with Gasteiger partial charge in [-0.15, -0.1) is 0 Å². The predicted octanol–water partition coefficient (Wildman–Crippen LogP) is 5.48. The summed E-state index contributed by atoms with van der Waals surface area (Å²) in [6.07, 6.45) is 1.52. The fourth-order valence-electron chi connectivity index (χ4n) is 3.69. The van der Waals surface area contributed by atoms with Crippen LogP contribution < -0.4 is 10.2 Å². The number of rotatable bonds is 3. The second kappa shape index (κ2) is 8.41. The predicted molar refractivity (Wildman–Crippen MR) is 128 cm³/mol. The van der Waals surface area contributed by atoms with Gasteiger partial charge in [0, 0.05) is 26.6 Å². The van der Waals surface area contributed by atoms with Gasteiger partial charge < -0.3 is 4.57 Å². The molecule has 2 aromatic carbocycles. The van der Waals surface area contributed by atoms with E-state index in [1.165, 1.54) is 12.1 Å². The van der Waals surface area contributed by atoms with Crippen LogP contribution in [0.1, 0.15) is 22.5 Å². The highest BCUT2D eigenvalue weighted by molar-refractivity contribution is 9.10. The molecule has 4 rings (SSSR count). The van der Waals surface area contributed by atoms with E-state index in [4.69, 9.17) is 11.6 Å². The van der Waals surface area contributed by atoms with Crippen LogP contribution in [0, 0.1) is 20.8 Å². The lowest BCUT2D eigenvalue weighted by Crippen LogP contribution is -2.54. The summed E-state index contributed by atoms with van der Waals surface area (Å²) in [5.41, 5.74) is 4.45. The van der Waals surface area contributed by atoms with Gasteiger partial charge in [-0.1, -0.05) is 33.6 Å². The van der Waals surface area contributed by atoms with Crippen molar-refractivity contribution < 1.29 is 14.4 Å². The number of nitrogens with one attached hydrogen (secondary N) is 1. The van der Waals surface area contributed by atoms with Crippen molar-refractivity contribution in [2.45, 2.75) is 20.8 Å². The Bertz CT molecular complexity index is 1310. The molecule has 1 fully saturated rings. The van der Waals surface area contributed by atoms with Gasteiger partial charge in [0.25, 0.3) is 11.8 Å². The molecular weight excluding hydrogens is 494 g/mol. The Labute approximate surface area is 198 Å². The van der Waals surface area contributed by atoms with Gasteiger partial charge >= 0.3 is 6.03 Å². The number of carbonyl (C=O) groups excluding carboxylic acids is 3. The minimum Gasteiger partial charge on any atom is -0.318 e. The summed E-state index contributed by atoms with van der Waals surface area (Å²) in [7, 11) is 0. The van der Waals surface area contributed by atoms with Gasteiger partial charge in [0.05, 0.1) is 5.69 Å². The van der Waals surface area contributed by atoms with Crippen LogP contribution in [0.25, 0.3) is 11.8 Å². The molecule has 8 heteroatoms. The number of nitrogens with zero attached hydrogens (tertiary/aromatic N) is 2. The Morgan fingerprint density at radius 3 is 2.25 bits per heavy atom. The lowest BCUT2D eigenvalue weighted by Gasteiger charge is -2.26. The molecule has 0 unspecified atom stereocenters. The van der Waals surface area contributed by atoms with Crippen molar-refractivity contribution in [1.29, 1.82) is 0 Å². The van der Waals surface area contributed by atoms with Crippen LogP contribution in [0.5, 0.6) is 0 Å². The van der Waals surface area contributed by atoms with Crippen molar-refractivity contribution in [1.82, 2.24) is 9.88 Å². The van der Waals surface area contributed by atoms with Gasteiger partial charge in [0.15, 0.2) is 0 Å². The zero-order valence-corrected chi connectivity index (χ0v) is 19.9. The normalized spacial score (nSPS) is 15.5. The SMILES string of the molecule is Cc1ccc(N2C(=O)NC(=O)/C(=C\c3cc(C)n(-c4ccc(Br)cc4)c3C)C2=O)cc1Cl. The lowest BCUT2D eigenvalue weighted by molar-refractivity contribution is -0.122. The summed E-state index contributed by atoms with van der Waals surface area (Å²) in [6.45, 7) is 5.68. The molecule has 3 aromatic rings. The molecule has 32 heavy (non-hydrogen) atoms. The number of hydrogen-bond acceptors (Lipinski definition) is 3. The molecule has 162 valence electrons. The highest BCUT2D eigenvalue weighted by Crippen LogP contribution is 2.28. The van der Waals surface area contributed by atoms with Crippen LogP contribution in [0.4, 0.5) is 10.5 Å². The topological polar surface area (TPSA) is 71.4 Å². The third-order valence-electron chi connectivity index (χ3n) is 5.37. The molecule has 1 saturated heterocycles. The minimum atomic E-state index is -0.808. The van der Waals surface area contributed by atoms with Crippen LogP contribution in [0.15, 0.2) is 58.6 Å². The van der Waals surface area contributed by atoms with E-state index in [1.807, 2.05) is 55.7 Å². The Morgan fingerprint density at radius 1 is 0.938 bits per heavy atom. The van der Waals surface area contributed by atoms with Crippen LogP contribution in [-0.2, 0) is 9.59 Å². The molecule has 1 aliphatic heterocycles. The number of carbonyl (C=O) groups is 3. The molecule has 6 nitrogen and oxygen atoms in total. The molecule has 0 aliphatic carbocycles. The van der Waals surface area contributed by atoms with Crippen molar-refractivity contribution in [2.75, 3.05) is 4.90 Å². The standard InChI is InChI=1S/C24H19BrClN3O3/c1-13-4-7-19(12-21(13)26)29-23(31)20(22(30)27-24(29)32)11-16-10-14(2)28(15(16)3)18-8-5-17(25)6-9-18/h4-12H,1-3H3,(H,27,30,32)/b20-11+. The number of aryl methyl sites for hydroxylation is 2. The number of urea groups is 1. The van der Waals surface area contributed by atoms with Crippen LogP contribution in [-0.4, -0.2) is 22.4 Å². The number of barbiturate groups is 1. The smallest absolute Gasteiger partial charge is 0.318 e. The molecule has 0 bridgehead atoms. The van der Waals surface area contributed by atoms with Crippen LogP contribution in [0.2, 0.25) is 5.02 Å². The van der Waals surface area contributed by atoms with E-state index in [0.29, 0.717) is 16.3 Å². The first kappa shape index (κ1) is 22.0. The third-order valence-corrected chi connectivity index (χ3v) is 6.31. The third kappa shape index (κ3) is 3.89. The van der Waals surface area contributed by atoms with Crippen molar-refractivity contribution in [3.63, 3.8) is 0 Å². The number of halogens is 2. The van der Waals surface area contributed by atoms with E-state index in [9.17, 15) is 14.4 Å². The average Bonchev–Trinajstić information content (AvgIpc) is 3.01. The molecule has 1 N–H and O–H groups in total. The van der Waals surface area contributed by atoms with Gasteiger partial charge in [-0.05, 0) is 80.4 Å². The monoisotopic (exact) mass is 511 g/mol. The Kier molecular flexibility index (Phi) is 5.79. The summed E-state index contributed by atoms with van der Waals surface area (Å²) in [5.74, 6) is -1.44. The fourth-order valence-corrected chi connectivity index (χ4v) is 4.13. The molecule has 0 spiro atoms. The van der Waals surface area contributed by atoms with Gasteiger partial charge in [-0.2, -0.15) is 0 Å². The largest absolute Gasteiger partial charge is 0.335 e. The second-order valence-corrected chi connectivity index (χ2v) is 8.85. The van der Waals surface area contributed by atoms with E-state index in [2.05, 4.69) is 21.2 Å². The summed E-state index contributed by atoms with van der Waals surface area (Å²) in [5, 5.41) is 2.67. The fraction of sp³-hybridized carbons (Fsp3) is 0.125. The van der Waals surface area contributed by atoms with Crippen molar-refractivity contribution >= 4 is 57.1 Å². The molecule has 4 amide bonds. The first-order valence-corrected chi connectivity index (χ1v) is 11.0. The minimum absolute atomic E-state index is 0.127. The highest BCUT2D eigenvalue weighted by atomic mass is 79.9. The van der Waals surface area contributed by atoms with E-state index < -0.39 is 17.8 Å². The average molecular weight is 513 g/mol. The Morgan fingerprint density at radius 2 is 1.59 bits per heavy atom. The van der Waals surface area contributed by atoms with Crippen LogP contribution in [0.3, 0.4) is 0 Å². The number of anilines is 1. The van der Waals surface area contributed by atoms with Gasteiger partial charge in [-0.25, -0.2) is 9.69 Å². The Balaban J connectivity index is 1.76. The van der Waals surface area contributed by atoms with E-state index in [0.717, 1.165) is 32.0 Å². The number of amides is 4. The van der Waals surface area contributed by atoms with Gasteiger partial charge in [0.2, 0.25) is 0 Å². The Hall–Kier alpha value is -3.16.